The number of hydrogen-bond acceptors (Lipinski definition) is 2. The smallest absolute Gasteiger partial charge is 0.158 e. The monoisotopic (exact) mass is 236 g/mol. The lowest BCUT2D eigenvalue weighted by Crippen LogP contribution is -2.39. The summed E-state index contributed by atoms with van der Waals surface area (Å²) in [6, 6.07) is 0. The van der Waals surface area contributed by atoms with Gasteiger partial charge in [-0.25, -0.2) is 0 Å². The van der Waals surface area contributed by atoms with E-state index in [4.69, 9.17) is 0 Å². The van der Waals surface area contributed by atoms with Gasteiger partial charge in [-0.2, -0.15) is 0 Å². The number of aliphatic hydroxyl groups is 1. The van der Waals surface area contributed by atoms with Crippen molar-refractivity contribution in [3.05, 3.63) is 11.6 Å². The molecule has 17 heavy (non-hydrogen) atoms. The molecule has 1 saturated carbocycles. The molecule has 0 aromatic heterocycles. The van der Waals surface area contributed by atoms with Crippen molar-refractivity contribution in [3.8, 4) is 0 Å². The predicted octanol–water partition coefficient (Wildman–Crippen LogP) is 2.95. The standard InChI is InChI=1S/C15H24O2/c1-9(2)12-7-13(16)11(4)15(12)6-5-10(3)14(17)8-15/h5,9,11-13,16H,6-8H2,1-4H3/t11-,12-,13+,15+/m1/s1. The summed E-state index contributed by atoms with van der Waals surface area (Å²) >= 11 is 0. The Hall–Kier alpha value is -0.630. The van der Waals surface area contributed by atoms with Gasteiger partial charge in [-0.05, 0) is 48.5 Å². The maximum Gasteiger partial charge on any atom is 0.158 e. The molecule has 0 saturated heterocycles. The van der Waals surface area contributed by atoms with E-state index in [9.17, 15) is 9.90 Å². The first-order valence-corrected chi connectivity index (χ1v) is 6.76. The van der Waals surface area contributed by atoms with Crippen molar-refractivity contribution in [1.29, 1.82) is 0 Å². The summed E-state index contributed by atoms with van der Waals surface area (Å²) in [6.45, 7) is 8.46. The number of carbonyl (C=O) groups is 1. The van der Waals surface area contributed by atoms with Crippen molar-refractivity contribution < 1.29 is 9.90 Å². The molecule has 0 aromatic rings. The number of rotatable bonds is 1. The molecule has 2 aliphatic rings. The van der Waals surface area contributed by atoms with E-state index >= 15 is 0 Å². The van der Waals surface area contributed by atoms with Crippen molar-refractivity contribution >= 4 is 5.78 Å². The van der Waals surface area contributed by atoms with Crippen molar-refractivity contribution in [2.24, 2.45) is 23.2 Å². The minimum absolute atomic E-state index is 0.0180. The quantitative estimate of drug-likeness (QED) is 0.760. The normalized spacial score (nSPS) is 42.4. The Kier molecular flexibility index (Phi) is 3.19. The molecule has 0 bridgehead atoms. The fraction of sp³-hybridized carbons (Fsp3) is 0.800. The molecule has 1 N–H and O–H groups in total. The molecule has 2 heteroatoms. The summed E-state index contributed by atoms with van der Waals surface area (Å²) in [5.41, 5.74) is 0.927. The maximum absolute atomic E-state index is 12.0. The van der Waals surface area contributed by atoms with Crippen LogP contribution in [0.3, 0.4) is 0 Å². The number of carbonyl (C=O) groups excluding carboxylic acids is 1. The van der Waals surface area contributed by atoms with Crippen LogP contribution >= 0.6 is 0 Å². The Balaban J connectivity index is 2.36. The molecular formula is C15H24O2. The second-order valence-corrected chi connectivity index (χ2v) is 6.37. The summed E-state index contributed by atoms with van der Waals surface area (Å²) in [5, 5.41) is 10.2. The van der Waals surface area contributed by atoms with E-state index in [-0.39, 0.29) is 23.2 Å². The highest BCUT2D eigenvalue weighted by Crippen LogP contribution is 2.57. The topological polar surface area (TPSA) is 37.3 Å². The Bertz CT molecular complexity index is 356. The minimum Gasteiger partial charge on any atom is -0.393 e. The van der Waals surface area contributed by atoms with Gasteiger partial charge in [-0.15, -0.1) is 0 Å². The number of allylic oxidation sites excluding steroid dienone is 2. The number of aliphatic hydroxyl groups excluding tert-OH is 1. The fourth-order valence-electron chi connectivity index (χ4n) is 3.95. The van der Waals surface area contributed by atoms with Crippen molar-refractivity contribution in [2.75, 3.05) is 0 Å². The molecule has 2 rings (SSSR count). The molecule has 96 valence electrons. The van der Waals surface area contributed by atoms with Crippen LogP contribution in [0.1, 0.15) is 47.0 Å². The van der Waals surface area contributed by atoms with Gasteiger partial charge in [0.1, 0.15) is 0 Å². The molecule has 1 fully saturated rings. The van der Waals surface area contributed by atoms with E-state index in [1.54, 1.807) is 0 Å². The third kappa shape index (κ3) is 1.87. The van der Waals surface area contributed by atoms with E-state index in [1.807, 2.05) is 6.92 Å². The van der Waals surface area contributed by atoms with Crippen molar-refractivity contribution in [3.63, 3.8) is 0 Å². The van der Waals surface area contributed by atoms with E-state index in [2.05, 4.69) is 26.8 Å². The summed E-state index contributed by atoms with van der Waals surface area (Å²) < 4.78 is 0. The largest absolute Gasteiger partial charge is 0.393 e. The highest BCUT2D eigenvalue weighted by Gasteiger charge is 2.54. The molecule has 4 atom stereocenters. The van der Waals surface area contributed by atoms with Crippen LogP contribution < -0.4 is 0 Å². The summed E-state index contributed by atoms with van der Waals surface area (Å²) in [5.74, 6) is 1.53. The molecule has 0 heterocycles. The molecule has 2 aliphatic carbocycles. The lowest BCUT2D eigenvalue weighted by molar-refractivity contribution is -0.120. The van der Waals surface area contributed by atoms with Crippen LogP contribution in [-0.4, -0.2) is 17.0 Å². The SMILES string of the molecule is CC1=CC[C@@]2(CC1=O)[C@@H](C(C)C)C[C@H](O)[C@H]2C. The van der Waals surface area contributed by atoms with Crippen LogP contribution in [0, 0.1) is 23.2 Å². The Labute approximate surface area is 104 Å². The Morgan fingerprint density at radius 2 is 2.12 bits per heavy atom. The first-order chi connectivity index (χ1) is 7.88. The zero-order valence-corrected chi connectivity index (χ0v) is 11.4. The second-order valence-electron chi connectivity index (χ2n) is 6.37. The van der Waals surface area contributed by atoms with Crippen LogP contribution in [0.15, 0.2) is 11.6 Å². The molecule has 1 spiro atoms. The van der Waals surface area contributed by atoms with Crippen LogP contribution in [0.25, 0.3) is 0 Å². The van der Waals surface area contributed by atoms with Gasteiger partial charge in [0.05, 0.1) is 6.10 Å². The van der Waals surface area contributed by atoms with Crippen molar-refractivity contribution in [2.45, 2.75) is 53.1 Å². The minimum atomic E-state index is -0.234. The Morgan fingerprint density at radius 1 is 1.47 bits per heavy atom. The van der Waals surface area contributed by atoms with Gasteiger partial charge in [0.2, 0.25) is 0 Å². The maximum atomic E-state index is 12.0. The molecule has 0 aromatic carbocycles. The third-order valence-electron chi connectivity index (χ3n) is 5.24. The van der Waals surface area contributed by atoms with Gasteiger partial charge in [-0.3, -0.25) is 4.79 Å². The molecule has 0 radical (unpaired) electrons. The molecular weight excluding hydrogens is 212 g/mol. The zero-order chi connectivity index (χ0) is 12.8. The number of Topliss-reactive ketones (excluding diaryl/α,β-unsaturated/α-hetero) is 1. The zero-order valence-electron chi connectivity index (χ0n) is 11.4. The van der Waals surface area contributed by atoms with Gasteiger partial charge in [0.25, 0.3) is 0 Å². The molecule has 2 nitrogen and oxygen atoms in total. The first-order valence-electron chi connectivity index (χ1n) is 6.76. The molecule has 0 unspecified atom stereocenters. The van der Waals surface area contributed by atoms with E-state index in [0.29, 0.717) is 18.3 Å². The highest BCUT2D eigenvalue weighted by molar-refractivity contribution is 5.96. The van der Waals surface area contributed by atoms with Crippen LogP contribution in [0.4, 0.5) is 0 Å². The van der Waals surface area contributed by atoms with Crippen LogP contribution in [0.5, 0.6) is 0 Å². The van der Waals surface area contributed by atoms with E-state index in [0.717, 1.165) is 18.4 Å². The van der Waals surface area contributed by atoms with Crippen molar-refractivity contribution in [1.82, 2.24) is 0 Å². The third-order valence-corrected chi connectivity index (χ3v) is 5.24. The lowest BCUT2D eigenvalue weighted by Gasteiger charge is -2.42. The number of hydrogen-bond donors (Lipinski definition) is 1. The fourth-order valence-corrected chi connectivity index (χ4v) is 3.95. The molecule has 0 amide bonds. The van der Waals surface area contributed by atoms with Gasteiger partial charge in [0.15, 0.2) is 5.78 Å². The summed E-state index contributed by atoms with van der Waals surface area (Å²) in [7, 11) is 0. The summed E-state index contributed by atoms with van der Waals surface area (Å²) in [6.07, 6.45) is 4.32. The van der Waals surface area contributed by atoms with Gasteiger partial charge in [-0.1, -0.05) is 26.8 Å². The first kappa shape index (κ1) is 12.8. The average molecular weight is 236 g/mol. The van der Waals surface area contributed by atoms with Crippen LogP contribution in [-0.2, 0) is 4.79 Å². The lowest BCUT2D eigenvalue weighted by atomic mass is 9.61. The Morgan fingerprint density at radius 3 is 2.65 bits per heavy atom. The van der Waals surface area contributed by atoms with Gasteiger partial charge < -0.3 is 5.11 Å². The van der Waals surface area contributed by atoms with E-state index in [1.165, 1.54) is 0 Å². The van der Waals surface area contributed by atoms with Gasteiger partial charge >= 0.3 is 0 Å². The highest BCUT2D eigenvalue weighted by atomic mass is 16.3. The average Bonchev–Trinajstić information content (AvgIpc) is 2.50. The van der Waals surface area contributed by atoms with Crippen LogP contribution in [0.2, 0.25) is 0 Å². The van der Waals surface area contributed by atoms with E-state index < -0.39 is 0 Å². The second kappa shape index (κ2) is 4.24. The molecule has 0 aliphatic heterocycles. The number of ketones is 1. The van der Waals surface area contributed by atoms with Gasteiger partial charge in [0, 0.05) is 6.42 Å². The predicted molar refractivity (Wildman–Crippen MR) is 68.5 cm³/mol. The summed E-state index contributed by atoms with van der Waals surface area (Å²) in [4.78, 5) is 12.0.